The van der Waals surface area contributed by atoms with Crippen LogP contribution in [-0.4, -0.2) is 30.3 Å². The van der Waals surface area contributed by atoms with Crippen LogP contribution in [0.5, 0.6) is 11.5 Å². The van der Waals surface area contributed by atoms with Crippen molar-refractivity contribution >= 4 is 23.7 Å². The zero-order valence-electron chi connectivity index (χ0n) is 11.3. The van der Waals surface area contributed by atoms with Crippen LogP contribution >= 0.6 is 11.6 Å². The predicted molar refractivity (Wildman–Crippen MR) is 76.6 cm³/mol. The van der Waals surface area contributed by atoms with Crippen LogP contribution in [0.15, 0.2) is 12.1 Å². The highest BCUT2D eigenvalue weighted by Crippen LogP contribution is 2.43. The summed E-state index contributed by atoms with van der Waals surface area (Å²) in [4.78, 5) is 11.1. The highest BCUT2D eigenvalue weighted by molar-refractivity contribution is 6.33. The van der Waals surface area contributed by atoms with Crippen molar-refractivity contribution in [2.45, 2.75) is 0 Å². The summed E-state index contributed by atoms with van der Waals surface area (Å²) >= 11 is 6.11. The van der Waals surface area contributed by atoms with Crippen molar-refractivity contribution in [3.63, 3.8) is 0 Å². The van der Waals surface area contributed by atoms with Crippen molar-refractivity contribution in [1.29, 1.82) is 0 Å². The lowest BCUT2D eigenvalue weighted by atomic mass is 10.1. The van der Waals surface area contributed by atoms with Gasteiger partial charge in [-0.3, -0.25) is 9.48 Å². The van der Waals surface area contributed by atoms with Crippen molar-refractivity contribution in [2.24, 2.45) is 7.05 Å². The Morgan fingerprint density at radius 3 is 2.40 bits per heavy atom. The average molecular weight is 296 g/mol. The van der Waals surface area contributed by atoms with Crippen molar-refractivity contribution < 1.29 is 14.3 Å². The van der Waals surface area contributed by atoms with Gasteiger partial charge < -0.3 is 15.2 Å². The Hall–Kier alpha value is -2.21. The number of aromatic nitrogens is 2. The van der Waals surface area contributed by atoms with Gasteiger partial charge in [0.15, 0.2) is 17.8 Å². The molecule has 0 fully saturated rings. The zero-order valence-corrected chi connectivity index (χ0v) is 12.1. The first-order chi connectivity index (χ1) is 9.53. The molecule has 0 unspecified atom stereocenters. The molecule has 1 aromatic heterocycles. The second-order valence-corrected chi connectivity index (χ2v) is 4.49. The van der Waals surface area contributed by atoms with Crippen molar-refractivity contribution in [2.75, 3.05) is 20.0 Å². The van der Waals surface area contributed by atoms with E-state index in [0.717, 1.165) is 0 Å². The molecule has 0 aliphatic rings. The van der Waals surface area contributed by atoms with E-state index in [-0.39, 0.29) is 16.3 Å². The highest BCUT2D eigenvalue weighted by atomic mass is 35.5. The largest absolute Gasteiger partial charge is 0.492 e. The van der Waals surface area contributed by atoms with E-state index < -0.39 is 0 Å². The molecular formula is C13H14ClN3O3. The molecular weight excluding hydrogens is 282 g/mol. The van der Waals surface area contributed by atoms with E-state index in [4.69, 9.17) is 26.8 Å². The molecule has 1 heterocycles. The SMILES string of the molecule is COc1c(-c2cc(N)n(C)n2)cc(Cl)c(C=O)c1OC. The summed E-state index contributed by atoms with van der Waals surface area (Å²) in [5.74, 6) is 1.16. The number of anilines is 1. The molecule has 1 aromatic carbocycles. The van der Waals surface area contributed by atoms with E-state index in [1.807, 2.05) is 0 Å². The van der Waals surface area contributed by atoms with Crippen LogP contribution in [0, 0.1) is 0 Å². The fourth-order valence-corrected chi connectivity index (χ4v) is 2.18. The topological polar surface area (TPSA) is 79.4 Å². The summed E-state index contributed by atoms with van der Waals surface area (Å²) in [5, 5.41) is 4.53. The van der Waals surface area contributed by atoms with Gasteiger partial charge in [0.2, 0.25) is 0 Å². The Kier molecular flexibility index (Phi) is 3.85. The molecule has 0 saturated carbocycles. The third kappa shape index (κ3) is 2.18. The highest BCUT2D eigenvalue weighted by Gasteiger charge is 2.21. The Balaban J connectivity index is 2.76. The van der Waals surface area contributed by atoms with Gasteiger partial charge in [-0.25, -0.2) is 0 Å². The quantitative estimate of drug-likeness (QED) is 0.874. The molecule has 0 atom stereocenters. The normalized spacial score (nSPS) is 10.4. The van der Waals surface area contributed by atoms with Crippen LogP contribution in [0.2, 0.25) is 5.02 Å². The molecule has 2 aromatic rings. The lowest BCUT2D eigenvalue weighted by Gasteiger charge is -2.14. The maximum absolute atomic E-state index is 11.1. The summed E-state index contributed by atoms with van der Waals surface area (Å²) in [6.07, 6.45) is 0.625. The number of nitrogens with zero attached hydrogens (tertiary/aromatic N) is 2. The minimum absolute atomic E-state index is 0.235. The van der Waals surface area contributed by atoms with Crippen LogP contribution in [0.3, 0.4) is 0 Å². The molecule has 6 nitrogen and oxygen atoms in total. The van der Waals surface area contributed by atoms with Crippen LogP contribution < -0.4 is 15.2 Å². The van der Waals surface area contributed by atoms with Gasteiger partial charge in [-0.1, -0.05) is 11.6 Å². The summed E-state index contributed by atoms with van der Waals surface area (Å²) in [6, 6.07) is 3.29. The minimum Gasteiger partial charge on any atom is -0.492 e. The Morgan fingerprint density at radius 1 is 1.30 bits per heavy atom. The molecule has 0 spiro atoms. The number of carbonyl (C=O) groups excluding carboxylic acids is 1. The molecule has 2 N–H and O–H groups in total. The van der Waals surface area contributed by atoms with E-state index in [2.05, 4.69) is 5.10 Å². The van der Waals surface area contributed by atoms with E-state index in [9.17, 15) is 4.79 Å². The molecule has 0 saturated heterocycles. The molecule has 106 valence electrons. The second-order valence-electron chi connectivity index (χ2n) is 4.08. The summed E-state index contributed by atoms with van der Waals surface area (Å²) in [6.45, 7) is 0. The summed E-state index contributed by atoms with van der Waals surface area (Å²) in [5.41, 5.74) is 7.20. The van der Waals surface area contributed by atoms with Gasteiger partial charge in [0.05, 0.1) is 30.5 Å². The standard InChI is InChI=1S/C13H14ClN3O3/c1-17-11(15)5-10(16-17)7-4-9(14)8(6-18)13(20-3)12(7)19-2/h4-6H,15H2,1-3H3. The average Bonchev–Trinajstić information content (AvgIpc) is 2.77. The van der Waals surface area contributed by atoms with Gasteiger partial charge >= 0.3 is 0 Å². The number of hydrogen-bond donors (Lipinski definition) is 1. The first-order valence-electron chi connectivity index (χ1n) is 5.73. The van der Waals surface area contributed by atoms with Crippen LogP contribution in [-0.2, 0) is 7.05 Å². The number of halogens is 1. The first-order valence-corrected chi connectivity index (χ1v) is 6.10. The molecule has 0 aliphatic heterocycles. The lowest BCUT2D eigenvalue weighted by molar-refractivity contribution is 0.112. The fraction of sp³-hybridized carbons (Fsp3) is 0.231. The number of nitrogens with two attached hydrogens (primary N) is 1. The Labute approximate surface area is 121 Å². The zero-order chi connectivity index (χ0) is 14.9. The molecule has 2 rings (SSSR count). The van der Waals surface area contributed by atoms with Crippen molar-refractivity contribution in [3.05, 3.63) is 22.7 Å². The van der Waals surface area contributed by atoms with E-state index >= 15 is 0 Å². The van der Waals surface area contributed by atoms with Gasteiger partial charge in [0.25, 0.3) is 0 Å². The Morgan fingerprint density at radius 2 is 1.95 bits per heavy atom. The monoisotopic (exact) mass is 295 g/mol. The molecule has 0 amide bonds. The number of carbonyl (C=O) groups is 1. The van der Waals surface area contributed by atoms with Crippen LogP contribution in [0.4, 0.5) is 5.82 Å². The number of hydrogen-bond acceptors (Lipinski definition) is 5. The third-order valence-corrected chi connectivity index (χ3v) is 3.25. The maximum Gasteiger partial charge on any atom is 0.173 e. The van der Waals surface area contributed by atoms with Crippen molar-refractivity contribution in [1.82, 2.24) is 9.78 Å². The number of benzene rings is 1. The fourth-order valence-electron chi connectivity index (χ4n) is 1.94. The smallest absolute Gasteiger partial charge is 0.173 e. The van der Waals surface area contributed by atoms with Gasteiger partial charge in [0.1, 0.15) is 5.82 Å². The van der Waals surface area contributed by atoms with E-state index in [0.29, 0.717) is 29.1 Å². The minimum atomic E-state index is 0.235. The molecule has 7 heteroatoms. The number of ether oxygens (including phenoxy) is 2. The predicted octanol–water partition coefficient (Wildman–Crippen LogP) is 2.15. The van der Waals surface area contributed by atoms with Crippen LogP contribution in [0.1, 0.15) is 10.4 Å². The summed E-state index contributed by atoms with van der Waals surface area (Å²) < 4.78 is 12.1. The molecule has 0 aliphatic carbocycles. The van der Waals surface area contributed by atoms with E-state index in [1.165, 1.54) is 18.9 Å². The first kappa shape index (κ1) is 14.2. The van der Waals surface area contributed by atoms with Gasteiger partial charge in [0, 0.05) is 18.7 Å². The van der Waals surface area contributed by atoms with Crippen molar-refractivity contribution in [3.8, 4) is 22.8 Å². The number of methoxy groups -OCH3 is 2. The van der Waals surface area contributed by atoms with Crippen LogP contribution in [0.25, 0.3) is 11.3 Å². The molecule has 0 radical (unpaired) electrons. The van der Waals surface area contributed by atoms with Gasteiger partial charge in [-0.2, -0.15) is 5.10 Å². The number of nitrogen functional groups attached to an aromatic ring is 1. The summed E-state index contributed by atoms with van der Waals surface area (Å²) in [7, 11) is 4.65. The Bertz CT molecular complexity index is 648. The molecule has 0 bridgehead atoms. The maximum atomic E-state index is 11.1. The van der Waals surface area contributed by atoms with E-state index in [1.54, 1.807) is 19.2 Å². The third-order valence-electron chi connectivity index (χ3n) is 2.94. The number of aryl methyl sites for hydroxylation is 1. The van der Waals surface area contributed by atoms with Gasteiger partial charge in [-0.05, 0) is 6.07 Å². The number of aldehydes is 1. The van der Waals surface area contributed by atoms with Gasteiger partial charge in [-0.15, -0.1) is 0 Å². The molecule has 20 heavy (non-hydrogen) atoms. The second kappa shape index (κ2) is 5.42. The number of rotatable bonds is 4. The lowest BCUT2D eigenvalue weighted by Crippen LogP contribution is -1.99.